The van der Waals surface area contributed by atoms with Gasteiger partial charge in [0, 0.05) is 11.3 Å². The lowest BCUT2D eigenvalue weighted by atomic mass is 10.1. The summed E-state index contributed by atoms with van der Waals surface area (Å²) in [6, 6.07) is 10.8. The summed E-state index contributed by atoms with van der Waals surface area (Å²) < 4.78 is 9.35. The molecule has 0 aliphatic carbocycles. The number of rotatable bonds is 7. The lowest BCUT2D eigenvalue weighted by Gasteiger charge is -2.12. The average molecular weight is 384 g/mol. The van der Waals surface area contributed by atoms with Gasteiger partial charge in [-0.05, 0) is 37.3 Å². The second kappa shape index (κ2) is 9.31. The highest BCUT2D eigenvalue weighted by molar-refractivity contribution is 6.04. The van der Waals surface area contributed by atoms with Gasteiger partial charge in [-0.25, -0.2) is 9.59 Å². The van der Waals surface area contributed by atoms with Crippen LogP contribution in [0.25, 0.3) is 0 Å². The molecule has 0 aliphatic heterocycles. The Morgan fingerprint density at radius 3 is 2.25 bits per heavy atom. The lowest BCUT2D eigenvalue weighted by molar-refractivity contribution is -0.114. The van der Waals surface area contributed by atoms with Gasteiger partial charge in [0.25, 0.3) is 0 Å². The third kappa shape index (κ3) is 5.16. The van der Waals surface area contributed by atoms with E-state index in [-0.39, 0.29) is 29.1 Å². The van der Waals surface area contributed by atoms with Crippen molar-refractivity contribution in [3.05, 3.63) is 59.2 Å². The summed E-state index contributed by atoms with van der Waals surface area (Å²) >= 11 is 0. The number of hydrogen-bond acceptors (Lipinski definition) is 7. The van der Waals surface area contributed by atoms with Gasteiger partial charge in [0.05, 0.1) is 37.6 Å². The van der Waals surface area contributed by atoms with E-state index in [1.807, 2.05) is 0 Å². The molecule has 2 rings (SSSR count). The quantitative estimate of drug-likeness (QED) is 0.557. The molecule has 2 N–H and O–H groups in total. The first-order chi connectivity index (χ1) is 13.3. The minimum Gasteiger partial charge on any atom is -0.465 e. The average Bonchev–Trinajstić information content (AvgIpc) is 2.71. The van der Waals surface area contributed by atoms with Crippen molar-refractivity contribution in [2.75, 3.05) is 31.4 Å². The first kappa shape index (κ1) is 20.6. The molecule has 8 nitrogen and oxygen atoms in total. The normalized spacial score (nSPS) is 9.96. The second-order valence-corrected chi connectivity index (χ2v) is 5.78. The molecule has 0 radical (unpaired) electrons. The Morgan fingerprint density at radius 1 is 0.893 bits per heavy atom. The number of esters is 2. The van der Waals surface area contributed by atoms with E-state index in [9.17, 15) is 19.2 Å². The standard InChI is InChI=1S/C20H20N2O6/c1-12(23)13-5-4-6-15(9-13)21-11-18(24)22-17-10-14(19(25)27-2)7-8-16(17)20(26)28-3/h4-10,21H,11H2,1-3H3,(H,22,24). The number of hydrogen-bond donors (Lipinski definition) is 2. The van der Waals surface area contributed by atoms with E-state index in [0.717, 1.165) is 0 Å². The van der Waals surface area contributed by atoms with Crippen LogP contribution in [0.4, 0.5) is 11.4 Å². The number of anilines is 2. The lowest BCUT2D eigenvalue weighted by Crippen LogP contribution is -2.23. The Morgan fingerprint density at radius 2 is 1.61 bits per heavy atom. The monoisotopic (exact) mass is 384 g/mol. The fourth-order valence-corrected chi connectivity index (χ4v) is 2.41. The van der Waals surface area contributed by atoms with Gasteiger partial charge in [-0.2, -0.15) is 0 Å². The van der Waals surface area contributed by atoms with Gasteiger partial charge in [-0.15, -0.1) is 0 Å². The van der Waals surface area contributed by atoms with E-state index in [2.05, 4.69) is 15.4 Å². The first-order valence-corrected chi connectivity index (χ1v) is 8.31. The smallest absolute Gasteiger partial charge is 0.339 e. The van der Waals surface area contributed by atoms with Crippen LogP contribution in [0.5, 0.6) is 0 Å². The zero-order valence-corrected chi connectivity index (χ0v) is 15.7. The summed E-state index contributed by atoms with van der Waals surface area (Å²) in [5.41, 5.74) is 1.51. The molecule has 2 aromatic carbocycles. The number of amides is 1. The highest BCUT2D eigenvalue weighted by Gasteiger charge is 2.17. The summed E-state index contributed by atoms with van der Waals surface area (Å²) in [6.45, 7) is 1.33. The molecule has 0 heterocycles. The second-order valence-electron chi connectivity index (χ2n) is 5.78. The maximum absolute atomic E-state index is 12.3. The molecule has 0 spiro atoms. The van der Waals surface area contributed by atoms with E-state index in [1.165, 1.54) is 39.3 Å². The fraction of sp³-hybridized carbons (Fsp3) is 0.200. The van der Waals surface area contributed by atoms with E-state index in [4.69, 9.17) is 4.74 Å². The SMILES string of the molecule is COC(=O)c1ccc(C(=O)OC)c(NC(=O)CNc2cccc(C(C)=O)c2)c1. The number of methoxy groups -OCH3 is 2. The number of benzene rings is 2. The van der Waals surface area contributed by atoms with Gasteiger partial charge in [0.15, 0.2) is 5.78 Å². The molecule has 1 amide bonds. The van der Waals surface area contributed by atoms with Crippen molar-refractivity contribution in [3.8, 4) is 0 Å². The molecule has 0 saturated carbocycles. The van der Waals surface area contributed by atoms with Crippen LogP contribution in [0.2, 0.25) is 0 Å². The molecular formula is C20H20N2O6. The molecule has 0 atom stereocenters. The van der Waals surface area contributed by atoms with Gasteiger partial charge < -0.3 is 20.1 Å². The molecule has 0 aliphatic rings. The Hall–Kier alpha value is -3.68. The maximum Gasteiger partial charge on any atom is 0.339 e. The fourth-order valence-electron chi connectivity index (χ4n) is 2.41. The highest BCUT2D eigenvalue weighted by Crippen LogP contribution is 2.20. The van der Waals surface area contributed by atoms with Crippen LogP contribution in [-0.2, 0) is 14.3 Å². The van der Waals surface area contributed by atoms with Crippen LogP contribution in [0.3, 0.4) is 0 Å². The summed E-state index contributed by atoms with van der Waals surface area (Å²) in [6.07, 6.45) is 0. The zero-order chi connectivity index (χ0) is 20.7. The minimum absolute atomic E-state index is 0.0875. The predicted octanol–water partition coefficient (Wildman–Crippen LogP) is 2.51. The predicted molar refractivity (Wildman–Crippen MR) is 103 cm³/mol. The van der Waals surface area contributed by atoms with Crippen molar-refractivity contribution in [1.82, 2.24) is 0 Å². The van der Waals surface area contributed by atoms with E-state index < -0.39 is 17.8 Å². The van der Waals surface area contributed by atoms with Crippen LogP contribution >= 0.6 is 0 Å². The van der Waals surface area contributed by atoms with Crippen LogP contribution in [-0.4, -0.2) is 44.4 Å². The van der Waals surface area contributed by atoms with E-state index >= 15 is 0 Å². The van der Waals surface area contributed by atoms with Gasteiger partial charge in [-0.1, -0.05) is 12.1 Å². The van der Waals surface area contributed by atoms with Crippen molar-refractivity contribution in [2.45, 2.75) is 6.92 Å². The van der Waals surface area contributed by atoms with Gasteiger partial charge in [-0.3, -0.25) is 9.59 Å². The molecule has 8 heteroatoms. The molecule has 0 fully saturated rings. The van der Waals surface area contributed by atoms with E-state index in [0.29, 0.717) is 11.3 Å². The minimum atomic E-state index is -0.658. The summed E-state index contributed by atoms with van der Waals surface area (Å²) in [5.74, 6) is -1.81. The Balaban J connectivity index is 2.15. The number of ketones is 1. The number of ether oxygens (including phenoxy) is 2. The van der Waals surface area contributed by atoms with Gasteiger partial charge in [0.2, 0.25) is 5.91 Å². The Bertz CT molecular complexity index is 923. The molecular weight excluding hydrogens is 364 g/mol. The molecule has 2 aromatic rings. The van der Waals surface area contributed by atoms with Crippen molar-refractivity contribution in [3.63, 3.8) is 0 Å². The Kier molecular flexibility index (Phi) is 6.86. The zero-order valence-electron chi connectivity index (χ0n) is 15.7. The van der Waals surface area contributed by atoms with Crippen LogP contribution in [0.1, 0.15) is 38.0 Å². The van der Waals surface area contributed by atoms with Crippen molar-refractivity contribution < 1.29 is 28.7 Å². The number of nitrogens with one attached hydrogen (secondary N) is 2. The first-order valence-electron chi connectivity index (χ1n) is 8.31. The third-order valence-corrected chi connectivity index (χ3v) is 3.84. The number of Topliss-reactive ketones (excluding diaryl/α,β-unsaturated/α-hetero) is 1. The number of carbonyl (C=O) groups excluding carboxylic acids is 4. The van der Waals surface area contributed by atoms with Crippen LogP contribution < -0.4 is 10.6 Å². The van der Waals surface area contributed by atoms with Crippen LogP contribution in [0, 0.1) is 0 Å². The maximum atomic E-state index is 12.3. The van der Waals surface area contributed by atoms with Crippen molar-refractivity contribution in [1.29, 1.82) is 0 Å². The molecule has 0 unspecified atom stereocenters. The van der Waals surface area contributed by atoms with Crippen molar-refractivity contribution >= 4 is 35.0 Å². The molecule has 0 bridgehead atoms. The highest BCUT2D eigenvalue weighted by atomic mass is 16.5. The largest absolute Gasteiger partial charge is 0.465 e. The van der Waals surface area contributed by atoms with Crippen LogP contribution in [0.15, 0.2) is 42.5 Å². The Labute approximate surface area is 161 Å². The third-order valence-electron chi connectivity index (χ3n) is 3.84. The molecule has 0 aromatic heterocycles. The summed E-state index contributed by atoms with van der Waals surface area (Å²) in [7, 11) is 2.44. The van der Waals surface area contributed by atoms with E-state index in [1.54, 1.807) is 24.3 Å². The van der Waals surface area contributed by atoms with Gasteiger partial charge >= 0.3 is 11.9 Å². The van der Waals surface area contributed by atoms with Crippen molar-refractivity contribution in [2.24, 2.45) is 0 Å². The number of carbonyl (C=O) groups is 4. The molecule has 146 valence electrons. The molecule has 28 heavy (non-hydrogen) atoms. The summed E-state index contributed by atoms with van der Waals surface area (Å²) in [4.78, 5) is 47.4. The molecule has 0 saturated heterocycles. The summed E-state index contributed by atoms with van der Waals surface area (Å²) in [5, 5.41) is 5.47. The van der Waals surface area contributed by atoms with Gasteiger partial charge in [0.1, 0.15) is 0 Å². The topological polar surface area (TPSA) is 111 Å².